The Morgan fingerprint density at radius 3 is 2.48 bits per heavy atom. The Morgan fingerprint density at radius 2 is 1.84 bits per heavy atom. The number of rotatable bonds is 6. The number of nitrogens with zero attached hydrogens (tertiary/aromatic N) is 4. The molecule has 0 unspecified atom stereocenters. The van der Waals surface area contributed by atoms with Gasteiger partial charge in [0.1, 0.15) is 0 Å². The molecule has 0 aliphatic heterocycles. The molecule has 1 saturated carbocycles. The van der Waals surface area contributed by atoms with E-state index in [1.165, 1.54) is 6.20 Å². The van der Waals surface area contributed by atoms with Gasteiger partial charge in [0.2, 0.25) is 5.91 Å². The van der Waals surface area contributed by atoms with Crippen LogP contribution in [0.2, 0.25) is 0 Å². The predicted octanol–water partition coefficient (Wildman–Crippen LogP) is 2.74. The lowest BCUT2D eigenvalue weighted by Crippen LogP contribution is -2.36. The zero-order chi connectivity index (χ0) is 22.1. The Labute approximate surface area is 181 Å². The van der Waals surface area contributed by atoms with Crippen molar-refractivity contribution in [3.05, 3.63) is 36.4 Å². The van der Waals surface area contributed by atoms with Crippen LogP contribution in [-0.2, 0) is 4.79 Å². The van der Waals surface area contributed by atoms with Crippen molar-refractivity contribution in [2.45, 2.75) is 64.6 Å². The van der Waals surface area contributed by atoms with Crippen LogP contribution in [0.5, 0.6) is 0 Å². The summed E-state index contributed by atoms with van der Waals surface area (Å²) in [7, 11) is 0. The molecule has 0 saturated heterocycles. The van der Waals surface area contributed by atoms with Crippen LogP contribution in [0.15, 0.2) is 30.9 Å². The maximum Gasteiger partial charge on any atom is 0.252 e. The summed E-state index contributed by atoms with van der Waals surface area (Å²) in [5, 5.41) is 15.3. The minimum Gasteiger partial charge on any atom is -0.380 e. The largest absolute Gasteiger partial charge is 0.380 e. The molecule has 3 heterocycles. The van der Waals surface area contributed by atoms with Crippen LogP contribution < -0.4 is 16.4 Å². The summed E-state index contributed by atoms with van der Waals surface area (Å²) in [6, 6.07) is 2.73. The van der Waals surface area contributed by atoms with E-state index < -0.39 is 5.91 Å². The van der Waals surface area contributed by atoms with Crippen LogP contribution in [0, 0.1) is 0 Å². The van der Waals surface area contributed by atoms with Crippen molar-refractivity contribution in [3.63, 3.8) is 0 Å². The average Bonchev–Trinajstić information content (AvgIpc) is 3.35. The Bertz CT molecular complexity index is 1110. The van der Waals surface area contributed by atoms with Crippen molar-refractivity contribution >= 4 is 23.0 Å². The van der Waals surface area contributed by atoms with Crippen LogP contribution >= 0.6 is 0 Å². The minimum absolute atomic E-state index is 0.0324. The summed E-state index contributed by atoms with van der Waals surface area (Å²) in [6.07, 6.45) is 11.2. The van der Waals surface area contributed by atoms with E-state index in [1.807, 2.05) is 37.0 Å². The molecule has 0 aromatic carbocycles. The first-order valence-corrected chi connectivity index (χ1v) is 10.7. The molecule has 3 aromatic rings. The molecule has 9 heteroatoms. The summed E-state index contributed by atoms with van der Waals surface area (Å²) in [5.74, 6) is -0.478. The molecule has 1 aliphatic carbocycles. The van der Waals surface area contributed by atoms with Crippen molar-refractivity contribution in [1.29, 1.82) is 0 Å². The standard InChI is InChI=1S/C22H29N7O2/c1-13(2)26-21-19(22(23)31)10-25-29-11-15(8-20(21)29)16-9-24-28(12-16)18-6-4-17(5-7-18)27-14(3)30/h8-13,17-18,26H,4-7H2,1-3H3,(H2,23,31)(H,27,30). The van der Waals surface area contributed by atoms with Gasteiger partial charge in [0.25, 0.3) is 5.91 Å². The fraction of sp³-hybridized carbons (Fsp3) is 0.455. The van der Waals surface area contributed by atoms with Crippen molar-refractivity contribution in [2.75, 3.05) is 5.32 Å². The maximum absolute atomic E-state index is 11.9. The monoisotopic (exact) mass is 423 g/mol. The number of carbonyl (C=O) groups is 2. The smallest absolute Gasteiger partial charge is 0.252 e. The highest BCUT2D eigenvalue weighted by Gasteiger charge is 2.24. The zero-order valence-electron chi connectivity index (χ0n) is 18.1. The molecule has 3 aromatic heterocycles. The van der Waals surface area contributed by atoms with Gasteiger partial charge in [-0.15, -0.1) is 0 Å². The molecule has 1 aliphatic rings. The third kappa shape index (κ3) is 4.40. The number of hydrogen-bond donors (Lipinski definition) is 3. The van der Waals surface area contributed by atoms with Gasteiger partial charge in [0.05, 0.1) is 35.2 Å². The molecule has 0 atom stereocenters. The number of aromatic nitrogens is 4. The van der Waals surface area contributed by atoms with Crippen LogP contribution in [0.25, 0.3) is 16.6 Å². The lowest BCUT2D eigenvalue weighted by atomic mass is 9.91. The number of amides is 2. The first-order chi connectivity index (χ1) is 14.8. The average molecular weight is 424 g/mol. The molecule has 1 fully saturated rings. The first-order valence-electron chi connectivity index (χ1n) is 10.7. The fourth-order valence-corrected chi connectivity index (χ4v) is 4.30. The molecule has 0 spiro atoms. The van der Waals surface area contributed by atoms with Gasteiger partial charge in [-0.1, -0.05) is 0 Å². The van der Waals surface area contributed by atoms with E-state index in [0.717, 1.165) is 42.3 Å². The van der Waals surface area contributed by atoms with Gasteiger partial charge in [-0.25, -0.2) is 4.52 Å². The first kappa shape index (κ1) is 20.9. The summed E-state index contributed by atoms with van der Waals surface area (Å²) in [6.45, 7) is 5.59. The molecule has 2 amide bonds. The summed E-state index contributed by atoms with van der Waals surface area (Å²) >= 11 is 0. The van der Waals surface area contributed by atoms with Gasteiger partial charge in [0.15, 0.2) is 0 Å². The van der Waals surface area contributed by atoms with Gasteiger partial charge < -0.3 is 16.4 Å². The molecule has 0 radical (unpaired) electrons. The van der Waals surface area contributed by atoms with Gasteiger partial charge in [0, 0.05) is 42.5 Å². The molecule has 4 N–H and O–H groups in total. The third-order valence-corrected chi connectivity index (χ3v) is 5.75. The number of primary amides is 1. The highest BCUT2D eigenvalue weighted by atomic mass is 16.1. The molecular weight excluding hydrogens is 394 g/mol. The second-order valence-corrected chi connectivity index (χ2v) is 8.57. The second-order valence-electron chi connectivity index (χ2n) is 8.57. The Balaban J connectivity index is 1.58. The van der Waals surface area contributed by atoms with E-state index >= 15 is 0 Å². The van der Waals surface area contributed by atoms with Crippen molar-refractivity contribution < 1.29 is 9.59 Å². The van der Waals surface area contributed by atoms with Crippen LogP contribution in [-0.4, -0.2) is 43.3 Å². The Morgan fingerprint density at radius 1 is 1.10 bits per heavy atom. The van der Waals surface area contributed by atoms with E-state index in [1.54, 1.807) is 11.4 Å². The molecule has 4 rings (SSSR count). The van der Waals surface area contributed by atoms with Gasteiger partial charge >= 0.3 is 0 Å². The van der Waals surface area contributed by atoms with Gasteiger partial charge in [-0.2, -0.15) is 10.2 Å². The van der Waals surface area contributed by atoms with E-state index in [9.17, 15) is 9.59 Å². The molecular formula is C22H29N7O2. The SMILES string of the molecule is CC(=O)NC1CCC(n2cc(-c3cc4c(NC(C)C)c(C(N)=O)cnn4c3)cn2)CC1. The van der Waals surface area contributed by atoms with Crippen LogP contribution in [0.3, 0.4) is 0 Å². The molecule has 164 valence electrons. The fourth-order valence-electron chi connectivity index (χ4n) is 4.30. The van der Waals surface area contributed by atoms with Crippen molar-refractivity contribution in [2.24, 2.45) is 5.73 Å². The second kappa shape index (κ2) is 8.41. The quantitative estimate of drug-likeness (QED) is 0.563. The topological polar surface area (TPSA) is 119 Å². The zero-order valence-corrected chi connectivity index (χ0v) is 18.1. The van der Waals surface area contributed by atoms with E-state index in [4.69, 9.17) is 5.73 Å². The van der Waals surface area contributed by atoms with Crippen LogP contribution in [0.1, 0.15) is 62.9 Å². The summed E-state index contributed by atoms with van der Waals surface area (Å²) in [4.78, 5) is 23.2. The Hall–Kier alpha value is -3.36. The molecule has 31 heavy (non-hydrogen) atoms. The number of nitrogens with two attached hydrogens (primary N) is 1. The van der Waals surface area contributed by atoms with Crippen molar-refractivity contribution in [1.82, 2.24) is 24.7 Å². The highest BCUT2D eigenvalue weighted by Crippen LogP contribution is 2.32. The van der Waals surface area contributed by atoms with Crippen molar-refractivity contribution in [3.8, 4) is 11.1 Å². The number of hydrogen-bond acceptors (Lipinski definition) is 5. The summed E-state index contributed by atoms with van der Waals surface area (Å²) < 4.78 is 3.78. The lowest BCUT2D eigenvalue weighted by molar-refractivity contribution is -0.119. The number of fused-ring (bicyclic) bond motifs is 1. The van der Waals surface area contributed by atoms with Gasteiger partial charge in [-0.3, -0.25) is 14.3 Å². The normalized spacial score (nSPS) is 19.0. The number of anilines is 1. The van der Waals surface area contributed by atoms with Gasteiger partial charge in [-0.05, 0) is 45.6 Å². The maximum atomic E-state index is 11.9. The van der Waals surface area contributed by atoms with E-state index in [-0.39, 0.29) is 18.0 Å². The predicted molar refractivity (Wildman–Crippen MR) is 119 cm³/mol. The Kier molecular flexibility index (Phi) is 5.67. The number of nitrogens with one attached hydrogen (secondary N) is 2. The third-order valence-electron chi connectivity index (χ3n) is 5.75. The molecule has 0 bridgehead atoms. The summed E-state index contributed by atoms with van der Waals surface area (Å²) in [5.41, 5.74) is 9.37. The molecule has 9 nitrogen and oxygen atoms in total. The van der Waals surface area contributed by atoms with E-state index in [2.05, 4.69) is 27.0 Å². The highest BCUT2D eigenvalue weighted by molar-refractivity contribution is 6.02. The number of carbonyl (C=O) groups excluding carboxylic acids is 2. The minimum atomic E-state index is -0.511. The van der Waals surface area contributed by atoms with E-state index in [0.29, 0.717) is 17.3 Å². The lowest BCUT2D eigenvalue weighted by Gasteiger charge is -2.28. The van der Waals surface area contributed by atoms with Crippen LogP contribution in [0.4, 0.5) is 5.69 Å².